The number of rotatable bonds is 1. The van der Waals surface area contributed by atoms with Gasteiger partial charge >= 0.3 is 0 Å². The van der Waals surface area contributed by atoms with Crippen LogP contribution in [0.25, 0.3) is 5.95 Å². The Morgan fingerprint density at radius 3 is 2.64 bits per heavy atom. The molecule has 0 amide bonds. The zero-order chi connectivity index (χ0) is 9.97. The van der Waals surface area contributed by atoms with E-state index in [1.54, 1.807) is 18.5 Å². The van der Waals surface area contributed by atoms with Crippen LogP contribution in [0.4, 0.5) is 0 Å². The highest BCUT2D eigenvalue weighted by atomic mass is 79.9. The van der Waals surface area contributed by atoms with Gasteiger partial charge in [-0.3, -0.25) is 0 Å². The second kappa shape index (κ2) is 3.55. The molecule has 0 saturated carbocycles. The molecule has 0 bridgehead atoms. The summed E-state index contributed by atoms with van der Waals surface area (Å²) in [5.41, 5.74) is 0.456. The standard InChI is InChI=1S/C8H4BrN5/c9-7-6(4-10)5-13-14(7)8-11-2-1-3-12-8/h1-3,5H. The highest BCUT2D eigenvalue weighted by Crippen LogP contribution is 2.17. The third kappa shape index (κ3) is 1.38. The van der Waals surface area contributed by atoms with Crippen LogP contribution in [0.1, 0.15) is 5.56 Å². The van der Waals surface area contributed by atoms with Crippen LogP contribution in [-0.4, -0.2) is 19.7 Å². The van der Waals surface area contributed by atoms with E-state index in [1.165, 1.54) is 10.9 Å². The molecule has 0 unspecified atom stereocenters. The lowest BCUT2D eigenvalue weighted by Gasteiger charge is -1.98. The molecular formula is C8H4BrN5. The monoisotopic (exact) mass is 249 g/mol. The summed E-state index contributed by atoms with van der Waals surface area (Å²) in [6.45, 7) is 0. The van der Waals surface area contributed by atoms with Gasteiger partial charge in [0.05, 0.1) is 6.20 Å². The Morgan fingerprint density at radius 2 is 2.07 bits per heavy atom. The van der Waals surface area contributed by atoms with Crippen molar-refractivity contribution in [1.82, 2.24) is 19.7 Å². The first-order valence-corrected chi connectivity index (χ1v) is 4.53. The molecule has 0 N–H and O–H groups in total. The van der Waals surface area contributed by atoms with Crippen molar-refractivity contribution in [2.45, 2.75) is 0 Å². The Morgan fingerprint density at radius 1 is 1.36 bits per heavy atom. The topological polar surface area (TPSA) is 67.4 Å². The van der Waals surface area contributed by atoms with Crippen molar-refractivity contribution in [2.75, 3.05) is 0 Å². The lowest BCUT2D eigenvalue weighted by Crippen LogP contribution is -2.01. The van der Waals surface area contributed by atoms with E-state index < -0.39 is 0 Å². The summed E-state index contributed by atoms with van der Waals surface area (Å²) < 4.78 is 2.02. The van der Waals surface area contributed by atoms with E-state index in [1.807, 2.05) is 6.07 Å². The zero-order valence-electron chi connectivity index (χ0n) is 6.92. The molecule has 68 valence electrons. The fourth-order valence-corrected chi connectivity index (χ4v) is 1.39. The Bertz CT molecular complexity index is 484. The molecule has 2 aromatic rings. The molecule has 0 saturated heterocycles. The molecule has 0 atom stereocenters. The molecule has 0 aliphatic heterocycles. The van der Waals surface area contributed by atoms with Gasteiger partial charge in [-0.2, -0.15) is 15.0 Å². The van der Waals surface area contributed by atoms with Crippen LogP contribution in [0.2, 0.25) is 0 Å². The number of nitrogens with zero attached hydrogens (tertiary/aromatic N) is 5. The van der Waals surface area contributed by atoms with Gasteiger partial charge in [0.2, 0.25) is 0 Å². The molecule has 2 heterocycles. The fourth-order valence-electron chi connectivity index (χ4n) is 0.949. The summed E-state index contributed by atoms with van der Waals surface area (Å²) in [5, 5.41) is 12.7. The maximum Gasteiger partial charge on any atom is 0.251 e. The van der Waals surface area contributed by atoms with Crippen molar-refractivity contribution in [1.29, 1.82) is 5.26 Å². The smallest absolute Gasteiger partial charge is 0.220 e. The Labute approximate surface area is 88.2 Å². The van der Waals surface area contributed by atoms with Crippen LogP contribution in [0.3, 0.4) is 0 Å². The van der Waals surface area contributed by atoms with E-state index in [-0.39, 0.29) is 0 Å². The van der Waals surface area contributed by atoms with E-state index in [0.29, 0.717) is 16.1 Å². The Hall–Kier alpha value is -1.74. The molecule has 0 aromatic carbocycles. The third-order valence-electron chi connectivity index (χ3n) is 1.57. The van der Waals surface area contributed by atoms with Gasteiger partial charge in [0, 0.05) is 12.4 Å². The van der Waals surface area contributed by atoms with Gasteiger partial charge in [-0.25, -0.2) is 9.97 Å². The van der Waals surface area contributed by atoms with Gasteiger partial charge in [-0.15, -0.1) is 0 Å². The maximum absolute atomic E-state index is 8.70. The van der Waals surface area contributed by atoms with Crippen LogP contribution in [0.15, 0.2) is 29.3 Å². The van der Waals surface area contributed by atoms with Gasteiger partial charge in [0.25, 0.3) is 5.95 Å². The number of aromatic nitrogens is 4. The molecule has 0 spiro atoms. The van der Waals surface area contributed by atoms with Gasteiger partial charge in [0.15, 0.2) is 0 Å². The van der Waals surface area contributed by atoms with Crippen molar-refractivity contribution >= 4 is 15.9 Å². The lowest BCUT2D eigenvalue weighted by molar-refractivity contribution is 0.792. The molecule has 0 aliphatic carbocycles. The second-order valence-corrected chi connectivity index (χ2v) is 3.17. The largest absolute Gasteiger partial charge is 0.251 e. The van der Waals surface area contributed by atoms with Gasteiger partial charge < -0.3 is 0 Å². The summed E-state index contributed by atoms with van der Waals surface area (Å²) in [7, 11) is 0. The van der Waals surface area contributed by atoms with E-state index in [0.717, 1.165) is 0 Å². The molecule has 6 heteroatoms. The van der Waals surface area contributed by atoms with E-state index >= 15 is 0 Å². The first kappa shape index (κ1) is 8.84. The normalized spacial score (nSPS) is 9.71. The summed E-state index contributed by atoms with van der Waals surface area (Å²) in [6.07, 6.45) is 4.69. The molecule has 2 aromatic heterocycles. The number of nitriles is 1. The van der Waals surface area contributed by atoms with Crippen molar-refractivity contribution in [3.63, 3.8) is 0 Å². The van der Waals surface area contributed by atoms with Crippen LogP contribution in [0, 0.1) is 11.3 Å². The number of hydrogen-bond donors (Lipinski definition) is 0. The fraction of sp³-hybridized carbons (Fsp3) is 0. The van der Waals surface area contributed by atoms with Crippen molar-refractivity contribution in [3.8, 4) is 12.0 Å². The summed E-state index contributed by atoms with van der Waals surface area (Å²) in [4.78, 5) is 8.01. The van der Waals surface area contributed by atoms with Gasteiger partial charge in [-0.05, 0) is 22.0 Å². The van der Waals surface area contributed by atoms with Crippen LogP contribution in [-0.2, 0) is 0 Å². The highest BCUT2D eigenvalue weighted by molar-refractivity contribution is 9.10. The average molecular weight is 250 g/mol. The van der Waals surface area contributed by atoms with Gasteiger partial charge in [0.1, 0.15) is 16.2 Å². The Balaban J connectivity index is 2.54. The van der Waals surface area contributed by atoms with Gasteiger partial charge in [-0.1, -0.05) is 0 Å². The van der Waals surface area contributed by atoms with Crippen LogP contribution >= 0.6 is 15.9 Å². The summed E-state index contributed by atoms with van der Waals surface area (Å²) in [5.74, 6) is 0.431. The molecule has 0 radical (unpaired) electrons. The number of hydrogen-bond acceptors (Lipinski definition) is 4. The second-order valence-electron chi connectivity index (χ2n) is 2.42. The minimum atomic E-state index is 0.431. The zero-order valence-corrected chi connectivity index (χ0v) is 8.51. The molecule has 2 rings (SSSR count). The minimum absolute atomic E-state index is 0.431. The third-order valence-corrected chi connectivity index (χ3v) is 2.34. The number of halogens is 1. The Kier molecular flexibility index (Phi) is 2.24. The van der Waals surface area contributed by atoms with E-state index in [2.05, 4.69) is 31.0 Å². The average Bonchev–Trinajstić information content (AvgIpc) is 2.61. The molecule has 0 fully saturated rings. The summed E-state index contributed by atoms with van der Waals surface area (Å²) >= 11 is 3.25. The lowest BCUT2D eigenvalue weighted by atomic mass is 10.4. The van der Waals surface area contributed by atoms with Crippen LogP contribution in [0.5, 0.6) is 0 Å². The minimum Gasteiger partial charge on any atom is -0.220 e. The summed E-state index contributed by atoms with van der Waals surface area (Å²) in [6, 6.07) is 3.71. The van der Waals surface area contributed by atoms with Crippen molar-refractivity contribution in [2.24, 2.45) is 0 Å². The van der Waals surface area contributed by atoms with Crippen molar-refractivity contribution in [3.05, 3.63) is 34.8 Å². The first-order valence-electron chi connectivity index (χ1n) is 3.74. The molecule has 0 aliphatic rings. The predicted molar refractivity (Wildman–Crippen MR) is 51.6 cm³/mol. The molecular weight excluding hydrogens is 246 g/mol. The maximum atomic E-state index is 8.70. The van der Waals surface area contributed by atoms with Crippen molar-refractivity contribution < 1.29 is 0 Å². The van der Waals surface area contributed by atoms with E-state index in [9.17, 15) is 0 Å². The molecule has 5 nitrogen and oxygen atoms in total. The predicted octanol–water partition coefficient (Wildman–Crippen LogP) is 1.30. The van der Waals surface area contributed by atoms with E-state index in [4.69, 9.17) is 5.26 Å². The van der Waals surface area contributed by atoms with Crippen LogP contribution < -0.4 is 0 Å². The SMILES string of the molecule is N#Cc1cnn(-c2ncccn2)c1Br. The quantitative estimate of drug-likeness (QED) is 0.764. The first-order chi connectivity index (χ1) is 6.83. The highest BCUT2D eigenvalue weighted by Gasteiger charge is 2.09. The molecule has 14 heavy (non-hydrogen) atoms.